The van der Waals surface area contributed by atoms with Gasteiger partial charge in [-0.1, -0.05) is 36.4 Å². The Morgan fingerprint density at radius 3 is 1.70 bits per heavy atom. The van der Waals surface area contributed by atoms with Crippen molar-refractivity contribution >= 4 is 29.4 Å². The van der Waals surface area contributed by atoms with Crippen molar-refractivity contribution in [2.45, 2.75) is 0 Å². The summed E-state index contributed by atoms with van der Waals surface area (Å²) in [4.78, 5) is 20.7. The molecule has 3 rings (SSSR count). The second-order valence-electron chi connectivity index (χ2n) is 5.48. The first-order valence-corrected chi connectivity index (χ1v) is 9.38. The lowest BCUT2D eigenvalue weighted by Crippen LogP contribution is -2.20. The maximum absolute atomic E-state index is 13.8. The molecule has 0 spiro atoms. The fourth-order valence-electron chi connectivity index (χ4n) is 2.48. The van der Waals surface area contributed by atoms with E-state index in [9.17, 15) is 24.8 Å². The van der Waals surface area contributed by atoms with Crippen molar-refractivity contribution in [3.63, 3.8) is 0 Å². The van der Waals surface area contributed by atoms with E-state index in [1.807, 2.05) is 0 Å². The van der Waals surface area contributed by atoms with Gasteiger partial charge in [-0.05, 0) is 30.3 Å². The van der Waals surface area contributed by atoms with Gasteiger partial charge in [-0.25, -0.2) is 0 Å². The molecular formula is C18H13N2O6P. The normalized spacial score (nSPS) is 11.0. The van der Waals surface area contributed by atoms with Crippen LogP contribution in [0.1, 0.15) is 0 Å². The quantitative estimate of drug-likeness (QED) is 0.363. The second kappa shape index (κ2) is 7.39. The minimum absolute atomic E-state index is 0.304. The largest absolute Gasteiger partial charge is 0.429 e. The van der Waals surface area contributed by atoms with Crippen molar-refractivity contribution in [1.29, 1.82) is 0 Å². The van der Waals surface area contributed by atoms with Gasteiger partial charge in [0.15, 0.2) is 0 Å². The number of nitrogens with zero attached hydrogens (tertiary/aromatic N) is 2. The van der Waals surface area contributed by atoms with Crippen LogP contribution < -0.4 is 15.1 Å². The summed E-state index contributed by atoms with van der Waals surface area (Å²) in [6.45, 7) is 0. The van der Waals surface area contributed by atoms with Crippen LogP contribution >= 0.6 is 7.37 Å². The molecule has 0 atom stereocenters. The number of hydrogen-bond acceptors (Lipinski definition) is 6. The molecular weight excluding hydrogens is 371 g/mol. The van der Waals surface area contributed by atoms with E-state index >= 15 is 0 Å². The van der Waals surface area contributed by atoms with Gasteiger partial charge in [0.1, 0.15) is 0 Å². The third-order valence-electron chi connectivity index (χ3n) is 3.77. The molecule has 136 valence electrons. The molecule has 8 nitrogen and oxygen atoms in total. The van der Waals surface area contributed by atoms with Crippen LogP contribution in [-0.4, -0.2) is 9.85 Å². The van der Waals surface area contributed by atoms with Crippen molar-refractivity contribution in [2.24, 2.45) is 0 Å². The zero-order chi connectivity index (χ0) is 19.4. The summed E-state index contributed by atoms with van der Waals surface area (Å²) in [6, 6.07) is 19.6. The van der Waals surface area contributed by atoms with Crippen molar-refractivity contribution < 1.29 is 18.9 Å². The van der Waals surface area contributed by atoms with Crippen LogP contribution in [0.15, 0.2) is 78.9 Å². The van der Waals surface area contributed by atoms with Gasteiger partial charge >= 0.3 is 13.1 Å². The molecule has 0 aliphatic carbocycles. The highest BCUT2D eigenvalue weighted by Gasteiger charge is 2.33. The Bertz CT molecular complexity index is 997. The summed E-state index contributed by atoms with van der Waals surface area (Å²) >= 11 is 0. The van der Waals surface area contributed by atoms with Gasteiger partial charge in [0.05, 0.1) is 26.5 Å². The Morgan fingerprint density at radius 1 is 0.741 bits per heavy atom. The molecule has 3 aromatic carbocycles. The summed E-state index contributed by atoms with van der Waals surface area (Å²) in [5.41, 5.74) is -1.08. The van der Waals surface area contributed by atoms with Crippen LogP contribution in [0.3, 0.4) is 0 Å². The van der Waals surface area contributed by atoms with Gasteiger partial charge in [-0.3, -0.25) is 24.8 Å². The van der Waals surface area contributed by atoms with Crippen LogP contribution in [-0.2, 0) is 4.57 Å². The molecule has 0 N–H and O–H groups in total. The van der Waals surface area contributed by atoms with Gasteiger partial charge in [0.25, 0.3) is 5.69 Å². The SMILES string of the molecule is O=[N+]([O-])c1ccc(OP(=O)(c2ccccc2)c2ccccc2)c([N+](=O)[O-])c1. The van der Waals surface area contributed by atoms with Crippen LogP contribution in [0.4, 0.5) is 11.4 Å². The molecule has 0 unspecified atom stereocenters. The number of nitro benzene ring substituents is 2. The van der Waals surface area contributed by atoms with E-state index in [-0.39, 0.29) is 5.75 Å². The third kappa shape index (κ3) is 3.70. The summed E-state index contributed by atoms with van der Waals surface area (Å²) in [7, 11) is -3.73. The molecule has 0 saturated carbocycles. The van der Waals surface area contributed by atoms with Crippen LogP contribution in [0.25, 0.3) is 0 Å². The zero-order valence-corrected chi connectivity index (χ0v) is 14.7. The minimum atomic E-state index is -3.73. The van der Waals surface area contributed by atoms with Crippen LogP contribution in [0, 0.1) is 20.2 Å². The number of nitro groups is 2. The van der Waals surface area contributed by atoms with Gasteiger partial charge in [-0.15, -0.1) is 0 Å². The summed E-state index contributed by atoms with van der Waals surface area (Å²) < 4.78 is 19.5. The van der Waals surface area contributed by atoms with E-state index in [0.29, 0.717) is 10.6 Å². The van der Waals surface area contributed by atoms with E-state index in [1.54, 1.807) is 60.7 Å². The molecule has 0 radical (unpaired) electrons. The predicted octanol–water partition coefficient (Wildman–Crippen LogP) is 3.81. The van der Waals surface area contributed by atoms with Crippen LogP contribution in [0.2, 0.25) is 0 Å². The molecule has 3 aromatic rings. The first-order chi connectivity index (χ1) is 12.9. The van der Waals surface area contributed by atoms with Crippen molar-refractivity contribution in [1.82, 2.24) is 0 Å². The average molecular weight is 384 g/mol. The van der Waals surface area contributed by atoms with Crippen molar-refractivity contribution in [3.8, 4) is 5.75 Å². The monoisotopic (exact) mass is 384 g/mol. The molecule has 9 heteroatoms. The summed E-state index contributed by atoms with van der Waals surface area (Å²) in [5, 5.41) is 23.0. The Morgan fingerprint density at radius 2 is 1.26 bits per heavy atom. The molecule has 0 bridgehead atoms. The lowest BCUT2D eigenvalue weighted by molar-refractivity contribution is -0.394. The Kier molecular flexibility index (Phi) is 5.00. The van der Waals surface area contributed by atoms with E-state index in [1.165, 1.54) is 0 Å². The van der Waals surface area contributed by atoms with E-state index in [0.717, 1.165) is 18.2 Å². The zero-order valence-electron chi connectivity index (χ0n) is 13.8. The number of benzene rings is 3. The highest BCUT2D eigenvalue weighted by atomic mass is 31.2. The Balaban J connectivity index is 2.15. The van der Waals surface area contributed by atoms with Gasteiger partial charge < -0.3 is 4.52 Å². The smallest absolute Gasteiger partial charge is 0.318 e. The number of hydrogen-bond donors (Lipinski definition) is 0. The molecule has 0 aliphatic heterocycles. The molecule has 0 saturated heterocycles. The predicted molar refractivity (Wildman–Crippen MR) is 100 cm³/mol. The van der Waals surface area contributed by atoms with E-state index in [4.69, 9.17) is 4.52 Å². The minimum Gasteiger partial charge on any atom is -0.429 e. The maximum Gasteiger partial charge on any atom is 0.318 e. The van der Waals surface area contributed by atoms with E-state index < -0.39 is 28.6 Å². The molecule has 0 amide bonds. The summed E-state index contributed by atoms with van der Waals surface area (Å²) in [5.74, 6) is -0.304. The number of rotatable bonds is 6. The second-order valence-corrected chi connectivity index (χ2v) is 7.80. The fourth-order valence-corrected chi connectivity index (χ4v) is 4.55. The first kappa shape index (κ1) is 18.3. The molecule has 0 aromatic heterocycles. The Hall–Kier alpha value is -3.51. The topological polar surface area (TPSA) is 113 Å². The van der Waals surface area contributed by atoms with Gasteiger partial charge in [0, 0.05) is 6.07 Å². The molecule has 0 heterocycles. The lowest BCUT2D eigenvalue weighted by Gasteiger charge is -2.20. The lowest BCUT2D eigenvalue weighted by atomic mass is 10.2. The summed E-state index contributed by atoms with van der Waals surface area (Å²) in [6.07, 6.45) is 0. The third-order valence-corrected chi connectivity index (χ3v) is 6.18. The molecule has 0 aliphatic rings. The highest BCUT2D eigenvalue weighted by Crippen LogP contribution is 2.48. The average Bonchev–Trinajstić information content (AvgIpc) is 2.69. The van der Waals surface area contributed by atoms with Crippen molar-refractivity contribution in [2.75, 3.05) is 0 Å². The Labute approximate surface area is 153 Å². The highest BCUT2D eigenvalue weighted by molar-refractivity contribution is 7.74. The van der Waals surface area contributed by atoms with Gasteiger partial charge in [0.2, 0.25) is 5.75 Å². The standard InChI is InChI=1S/C18H13N2O6P/c21-19(22)14-11-12-18(17(13-14)20(23)24)26-27(25,15-7-3-1-4-8-15)16-9-5-2-6-10-16/h1-13H. The van der Waals surface area contributed by atoms with Gasteiger partial charge in [-0.2, -0.15) is 0 Å². The number of non-ortho nitro benzene ring substituents is 1. The van der Waals surface area contributed by atoms with Crippen LogP contribution in [0.5, 0.6) is 5.75 Å². The molecule has 27 heavy (non-hydrogen) atoms. The first-order valence-electron chi connectivity index (χ1n) is 7.75. The van der Waals surface area contributed by atoms with E-state index in [2.05, 4.69) is 0 Å². The molecule has 0 fully saturated rings. The maximum atomic E-state index is 13.8. The van der Waals surface area contributed by atoms with Crippen molar-refractivity contribution in [3.05, 3.63) is 99.1 Å². The fraction of sp³-hybridized carbons (Fsp3) is 0.